The van der Waals surface area contributed by atoms with E-state index in [2.05, 4.69) is 37.8 Å². The molecule has 6 rings (SSSR count). The third-order valence-corrected chi connectivity index (χ3v) is 9.69. The van der Waals surface area contributed by atoms with Gasteiger partial charge in [0, 0.05) is 49.2 Å². The Morgan fingerprint density at radius 3 is 2.30 bits per heavy atom. The minimum absolute atomic E-state index is 0.274. The van der Waals surface area contributed by atoms with Gasteiger partial charge in [-0.05, 0) is 69.8 Å². The maximum Gasteiger partial charge on any atom is 0.361 e. The van der Waals surface area contributed by atoms with Crippen molar-refractivity contribution in [2.45, 2.75) is 38.6 Å². The maximum atomic E-state index is 12.5. The lowest BCUT2D eigenvalue weighted by molar-refractivity contribution is -0.130. The molecule has 4 heterocycles. The topological polar surface area (TPSA) is 119 Å². The molecular weight excluding hydrogens is 592 g/mol. The molecule has 232 valence electrons. The Balaban J connectivity index is 0.000000548. The van der Waals surface area contributed by atoms with E-state index in [0.29, 0.717) is 41.8 Å². The first-order valence-corrected chi connectivity index (χ1v) is 16.4. The highest BCUT2D eigenvalue weighted by atomic mass is 35.5. The lowest BCUT2D eigenvalue weighted by Crippen LogP contribution is -2.44. The summed E-state index contributed by atoms with van der Waals surface area (Å²) in [5.41, 5.74) is 2.97. The fourth-order valence-corrected chi connectivity index (χ4v) is 6.73. The first kappa shape index (κ1) is 31.2. The Morgan fingerprint density at radius 1 is 1.02 bits per heavy atom. The van der Waals surface area contributed by atoms with Crippen molar-refractivity contribution >= 4 is 50.1 Å². The number of hydrogen-bond donors (Lipinski definition) is 1. The van der Waals surface area contributed by atoms with E-state index in [1.165, 1.54) is 33.0 Å². The van der Waals surface area contributed by atoms with Crippen LogP contribution in [-0.4, -0.2) is 92.0 Å². The zero-order chi connectivity index (χ0) is 30.7. The van der Waals surface area contributed by atoms with Crippen LogP contribution in [0.25, 0.3) is 10.8 Å². The molecule has 3 aliphatic rings. The summed E-state index contributed by atoms with van der Waals surface area (Å²) >= 11 is 6.58. The van der Waals surface area contributed by atoms with Gasteiger partial charge in [0.15, 0.2) is 0 Å². The molecule has 2 saturated heterocycles. The van der Waals surface area contributed by atoms with E-state index < -0.39 is 22.1 Å². The van der Waals surface area contributed by atoms with Gasteiger partial charge in [-0.25, -0.2) is 4.31 Å². The summed E-state index contributed by atoms with van der Waals surface area (Å²) in [6, 6.07) is 12.3. The van der Waals surface area contributed by atoms with Crippen molar-refractivity contribution in [2.24, 2.45) is 5.92 Å². The number of halogens is 1. The fraction of sp³-hybridized carbons (Fsp3) is 0.500. The second-order valence-electron chi connectivity index (χ2n) is 11.3. The van der Waals surface area contributed by atoms with Gasteiger partial charge in [0.2, 0.25) is 5.91 Å². The van der Waals surface area contributed by atoms with Gasteiger partial charge >= 0.3 is 16.3 Å². The van der Waals surface area contributed by atoms with E-state index in [-0.39, 0.29) is 6.01 Å². The number of piperidine rings is 1. The van der Waals surface area contributed by atoms with Crippen molar-refractivity contribution in [1.29, 1.82) is 0 Å². The number of anilines is 2. The molecule has 0 saturated carbocycles. The Morgan fingerprint density at radius 2 is 1.70 bits per heavy atom. The number of ether oxygens (including phenoxy) is 1. The van der Waals surface area contributed by atoms with E-state index in [1.807, 2.05) is 30.3 Å². The fourth-order valence-electron chi connectivity index (χ4n) is 6.07. The number of nitrogens with zero attached hydrogens (tertiary/aromatic N) is 6. The molecule has 11 nitrogen and oxygen atoms in total. The first-order chi connectivity index (χ1) is 20.6. The summed E-state index contributed by atoms with van der Waals surface area (Å²) in [5, 5.41) is 2.80. The number of hydrogen-bond acceptors (Lipinski definition) is 9. The normalized spacial score (nSPS) is 17.8. The highest BCUT2D eigenvalue weighted by Crippen LogP contribution is 2.37. The van der Waals surface area contributed by atoms with Crippen molar-refractivity contribution < 1.29 is 22.5 Å². The van der Waals surface area contributed by atoms with Gasteiger partial charge in [-0.3, -0.25) is 9.35 Å². The standard InChI is InChI=1S/C25H28ClN5O5S.C5H11N/c1-29(37(33,34)35)24(32)17-9-12-30(13-10-17)23-18-11-14-31(15-20(18)27-25(28-23)36-2)21-8-4-6-16-5-3-7-19(26)22(16)21;1-6-4-2-3-5-6/h3-8,17H,9-15H2,1-2H3,(H,33,34,35);2-5H2,1H3. The van der Waals surface area contributed by atoms with Crippen molar-refractivity contribution in [2.75, 3.05) is 63.7 Å². The molecule has 3 aromatic rings. The van der Waals surface area contributed by atoms with Crippen LogP contribution in [0.2, 0.25) is 5.02 Å². The van der Waals surface area contributed by atoms with Gasteiger partial charge in [0.1, 0.15) is 5.82 Å². The number of rotatable bonds is 5. The number of benzene rings is 2. The number of methoxy groups -OCH3 is 1. The lowest BCUT2D eigenvalue weighted by Gasteiger charge is -2.37. The number of aromatic nitrogens is 2. The highest BCUT2D eigenvalue weighted by molar-refractivity contribution is 7.83. The molecule has 0 spiro atoms. The van der Waals surface area contributed by atoms with Crippen LogP contribution in [0.15, 0.2) is 36.4 Å². The smallest absolute Gasteiger partial charge is 0.361 e. The van der Waals surface area contributed by atoms with Gasteiger partial charge in [0.05, 0.1) is 24.4 Å². The Hall–Kier alpha value is -3.19. The minimum atomic E-state index is -4.56. The molecule has 0 bridgehead atoms. The van der Waals surface area contributed by atoms with E-state index in [9.17, 15) is 17.8 Å². The van der Waals surface area contributed by atoms with Gasteiger partial charge in [0.25, 0.3) is 0 Å². The Labute approximate surface area is 258 Å². The zero-order valence-corrected chi connectivity index (χ0v) is 26.4. The Bertz CT molecular complexity index is 1570. The second-order valence-corrected chi connectivity index (χ2v) is 13.2. The number of likely N-dealkylation sites (tertiary alicyclic amines) is 1. The molecule has 13 heteroatoms. The van der Waals surface area contributed by atoms with Crippen LogP contribution in [0.4, 0.5) is 11.5 Å². The van der Waals surface area contributed by atoms with E-state index in [4.69, 9.17) is 16.3 Å². The van der Waals surface area contributed by atoms with Crippen LogP contribution in [0.1, 0.15) is 36.9 Å². The molecule has 2 fully saturated rings. The summed E-state index contributed by atoms with van der Waals surface area (Å²) in [5.74, 6) is -0.311. The highest BCUT2D eigenvalue weighted by Gasteiger charge is 2.34. The minimum Gasteiger partial charge on any atom is -0.467 e. The quantitative estimate of drug-likeness (QED) is 0.414. The molecule has 1 aromatic heterocycles. The molecular formula is C30H39ClN6O5S. The molecule has 0 aliphatic carbocycles. The molecule has 0 atom stereocenters. The van der Waals surface area contributed by atoms with E-state index in [1.54, 1.807) is 0 Å². The Kier molecular flexibility index (Phi) is 9.60. The van der Waals surface area contributed by atoms with Gasteiger partial charge in [-0.1, -0.05) is 35.9 Å². The van der Waals surface area contributed by atoms with Crippen LogP contribution < -0.4 is 14.5 Å². The van der Waals surface area contributed by atoms with Gasteiger partial charge < -0.3 is 19.4 Å². The predicted molar refractivity (Wildman–Crippen MR) is 168 cm³/mol. The number of carbonyl (C=O) groups is 1. The molecule has 0 unspecified atom stereocenters. The van der Waals surface area contributed by atoms with E-state index in [0.717, 1.165) is 53.5 Å². The summed E-state index contributed by atoms with van der Waals surface area (Å²) in [6.07, 6.45) is 4.44. The lowest BCUT2D eigenvalue weighted by atomic mass is 9.95. The second kappa shape index (κ2) is 13.2. The number of amides is 1. The third kappa shape index (κ3) is 6.98. The van der Waals surface area contributed by atoms with Crippen LogP contribution in [0.5, 0.6) is 6.01 Å². The first-order valence-electron chi connectivity index (χ1n) is 14.6. The third-order valence-electron chi connectivity index (χ3n) is 8.51. The number of carbonyl (C=O) groups excluding carboxylic acids is 1. The van der Waals surface area contributed by atoms with Crippen LogP contribution in [-0.2, 0) is 28.1 Å². The molecule has 1 amide bonds. The molecule has 3 aliphatic heterocycles. The average Bonchev–Trinajstić information content (AvgIpc) is 3.50. The average molecular weight is 631 g/mol. The van der Waals surface area contributed by atoms with Crippen molar-refractivity contribution in [1.82, 2.24) is 19.2 Å². The monoisotopic (exact) mass is 630 g/mol. The molecule has 0 radical (unpaired) electrons. The summed E-state index contributed by atoms with van der Waals surface area (Å²) in [4.78, 5) is 28.6. The van der Waals surface area contributed by atoms with Crippen molar-refractivity contribution in [3.05, 3.63) is 52.7 Å². The summed E-state index contributed by atoms with van der Waals surface area (Å²) in [6.45, 7) is 5.00. The summed E-state index contributed by atoms with van der Waals surface area (Å²) < 4.78 is 37.8. The number of fused-ring (bicyclic) bond motifs is 2. The van der Waals surface area contributed by atoms with Crippen LogP contribution in [0.3, 0.4) is 0 Å². The molecule has 1 N–H and O–H groups in total. The van der Waals surface area contributed by atoms with Crippen molar-refractivity contribution in [3.8, 4) is 6.01 Å². The molecule has 2 aromatic carbocycles. The molecule has 43 heavy (non-hydrogen) atoms. The van der Waals surface area contributed by atoms with E-state index >= 15 is 0 Å². The van der Waals surface area contributed by atoms with Crippen LogP contribution >= 0.6 is 11.6 Å². The van der Waals surface area contributed by atoms with Gasteiger partial charge in [-0.2, -0.15) is 18.4 Å². The zero-order valence-electron chi connectivity index (χ0n) is 24.9. The summed E-state index contributed by atoms with van der Waals surface area (Å²) in [7, 11) is 0.219. The van der Waals surface area contributed by atoms with Gasteiger partial charge in [-0.15, -0.1) is 0 Å². The maximum absolute atomic E-state index is 12.5. The van der Waals surface area contributed by atoms with Crippen molar-refractivity contribution in [3.63, 3.8) is 0 Å². The largest absolute Gasteiger partial charge is 0.467 e. The van der Waals surface area contributed by atoms with Crippen LogP contribution in [0, 0.1) is 5.92 Å². The predicted octanol–water partition coefficient (Wildman–Crippen LogP) is 4.04. The SMILES string of the molecule is CN1CCCC1.COc1nc2c(c(N3CCC(C(=O)N(C)S(=O)(=O)O)CC3)n1)CCN(c1cccc3cccc(Cl)c13)C2.